The molecular weight excluding hydrogens is 404 g/mol. The first-order valence-corrected chi connectivity index (χ1v) is 10.4. The summed E-state index contributed by atoms with van der Waals surface area (Å²) in [6.45, 7) is 1.10. The van der Waals surface area contributed by atoms with Gasteiger partial charge >= 0.3 is 0 Å². The average molecular weight is 427 g/mol. The summed E-state index contributed by atoms with van der Waals surface area (Å²) in [6.07, 6.45) is -0.456. The molecule has 3 fully saturated rings. The van der Waals surface area contributed by atoms with Crippen molar-refractivity contribution in [3.63, 3.8) is 0 Å². The number of piperazine rings is 1. The van der Waals surface area contributed by atoms with E-state index in [-0.39, 0.29) is 36.8 Å². The fraction of sp³-hybridized carbons (Fsp3) is 0.391. The van der Waals surface area contributed by atoms with Gasteiger partial charge in [-0.3, -0.25) is 24.3 Å². The normalized spacial score (nSPS) is 25.7. The molecule has 0 aliphatic carbocycles. The number of β-amino-alcohol motifs (C(OH)–C–C–N with tert-alkyl or cyclic N) is 1. The van der Waals surface area contributed by atoms with Gasteiger partial charge in [-0.05, 0) is 18.6 Å². The van der Waals surface area contributed by atoms with Gasteiger partial charge in [0, 0.05) is 37.3 Å². The van der Waals surface area contributed by atoms with Crippen LogP contribution in [0.15, 0.2) is 48.5 Å². The van der Waals surface area contributed by atoms with Crippen LogP contribution in [0.3, 0.4) is 0 Å². The number of hydrogen-bond acceptors (Lipinski definition) is 5. The van der Waals surface area contributed by atoms with Crippen LogP contribution in [0, 0.1) is 11.6 Å². The van der Waals surface area contributed by atoms with Crippen molar-refractivity contribution >= 4 is 11.8 Å². The van der Waals surface area contributed by atoms with Gasteiger partial charge in [-0.1, -0.05) is 36.4 Å². The predicted octanol–water partition coefficient (Wildman–Crippen LogP) is 1.52. The molecule has 2 atom stereocenters. The SMILES string of the molecule is O=C1[C@@H]2C[C@@H](O)CN2C2(CN(Cc3ccccc3F)C2)C(=O)N1Cc1ccccc1F. The number of aliphatic hydroxyl groups is 1. The number of nitrogens with zero attached hydrogens (tertiary/aromatic N) is 3. The number of carbonyl (C=O) groups is 2. The zero-order valence-corrected chi connectivity index (χ0v) is 16.9. The van der Waals surface area contributed by atoms with Gasteiger partial charge in [0.25, 0.3) is 5.91 Å². The van der Waals surface area contributed by atoms with Crippen molar-refractivity contribution in [2.75, 3.05) is 19.6 Å². The second kappa shape index (κ2) is 7.47. The first-order valence-electron chi connectivity index (χ1n) is 10.4. The molecular formula is C23H23F2N3O3. The predicted molar refractivity (Wildman–Crippen MR) is 107 cm³/mol. The van der Waals surface area contributed by atoms with Crippen LogP contribution in [0.4, 0.5) is 8.78 Å². The number of hydrogen-bond donors (Lipinski definition) is 1. The van der Waals surface area contributed by atoms with Crippen molar-refractivity contribution in [2.24, 2.45) is 0 Å². The van der Waals surface area contributed by atoms with Crippen LogP contribution in [0.2, 0.25) is 0 Å². The average Bonchev–Trinajstić information content (AvgIpc) is 3.11. The molecule has 3 aliphatic rings. The van der Waals surface area contributed by atoms with Crippen molar-refractivity contribution in [2.45, 2.75) is 37.2 Å². The zero-order valence-electron chi connectivity index (χ0n) is 16.9. The van der Waals surface area contributed by atoms with Crippen LogP contribution in [0.25, 0.3) is 0 Å². The lowest BCUT2D eigenvalue weighted by atomic mass is 9.82. The van der Waals surface area contributed by atoms with Crippen LogP contribution in [0.1, 0.15) is 17.5 Å². The Labute approximate surface area is 178 Å². The summed E-state index contributed by atoms with van der Waals surface area (Å²) < 4.78 is 28.3. The highest BCUT2D eigenvalue weighted by Crippen LogP contribution is 2.41. The number of fused-ring (bicyclic) bond motifs is 2. The van der Waals surface area contributed by atoms with E-state index in [0.717, 1.165) is 4.90 Å². The van der Waals surface area contributed by atoms with Gasteiger partial charge in [-0.15, -0.1) is 0 Å². The molecule has 2 aromatic rings. The molecule has 3 heterocycles. The number of halogens is 2. The molecule has 0 bridgehead atoms. The molecule has 6 nitrogen and oxygen atoms in total. The van der Waals surface area contributed by atoms with E-state index >= 15 is 0 Å². The second-order valence-corrected chi connectivity index (χ2v) is 8.65. The first kappa shape index (κ1) is 20.2. The van der Waals surface area contributed by atoms with Crippen LogP contribution >= 0.6 is 0 Å². The largest absolute Gasteiger partial charge is 0.392 e. The first-order chi connectivity index (χ1) is 14.9. The van der Waals surface area contributed by atoms with E-state index in [0.29, 0.717) is 25.2 Å². The van der Waals surface area contributed by atoms with Crippen molar-refractivity contribution in [1.82, 2.24) is 14.7 Å². The van der Waals surface area contributed by atoms with E-state index in [9.17, 15) is 23.5 Å². The van der Waals surface area contributed by atoms with E-state index in [1.165, 1.54) is 12.1 Å². The maximum absolute atomic E-state index is 14.2. The highest BCUT2D eigenvalue weighted by atomic mass is 19.1. The van der Waals surface area contributed by atoms with Crippen LogP contribution < -0.4 is 0 Å². The Bertz CT molecular complexity index is 1040. The van der Waals surface area contributed by atoms with Crippen LogP contribution in [-0.2, 0) is 22.7 Å². The molecule has 1 N–H and O–H groups in total. The van der Waals surface area contributed by atoms with Gasteiger partial charge in [0.2, 0.25) is 5.91 Å². The summed E-state index contributed by atoms with van der Waals surface area (Å²) in [7, 11) is 0. The fourth-order valence-corrected chi connectivity index (χ4v) is 5.11. The highest BCUT2D eigenvalue weighted by molar-refractivity contribution is 6.06. The lowest BCUT2D eigenvalue weighted by Crippen LogP contribution is -2.81. The van der Waals surface area contributed by atoms with Gasteiger partial charge in [0.05, 0.1) is 18.7 Å². The molecule has 0 aromatic heterocycles. The van der Waals surface area contributed by atoms with E-state index in [2.05, 4.69) is 0 Å². The molecule has 2 aromatic carbocycles. The Morgan fingerprint density at radius 2 is 1.52 bits per heavy atom. The molecule has 162 valence electrons. The molecule has 1 spiro atoms. The number of rotatable bonds is 4. The highest BCUT2D eigenvalue weighted by Gasteiger charge is 2.64. The Balaban J connectivity index is 1.41. The van der Waals surface area contributed by atoms with Crippen molar-refractivity contribution < 1.29 is 23.5 Å². The molecule has 2 amide bonds. The summed E-state index contributed by atoms with van der Waals surface area (Å²) in [4.78, 5) is 31.5. The molecule has 3 aliphatic heterocycles. The minimum atomic E-state index is -0.966. The fourth-order valence-electron chi connectivity index (χ4n) is 5.11. The minimum absolute atomic E-state index is 0.139. The molecule has 0 saturated carbocycles. The molecule has 31 heavy (non-hydrogen) atoms. The van der Waals surface area contributed by atoms with Gasteiger partial charge < -0.3 is 5.11 Å². The van der Waals surface area contributed by atoms with Crippen molar-refractivity contribution in [3.8, 4) is 0 Å². The van der Waals surface area contributed by atoms with Gasteiger partial charge in [0.1, 0.15) is 17.2 Å². The van der Waals surface area contributed by atoms with Crippen LogP contribution in [0.5, 0.6) is 0 Å². The number of aliphatic hydroxyl groups excluding tert-OH is 1. The topological polar surface area (TPSA) is 64.1 Å². The van der Waals surface area contributed by atoms with Gasteiger partial charge in [-0.2, -0.15) is 0 Å². The second-order valence-electron chi connectivity index (χ2n) is 8.65. The van der Waals surface area contributed by atoms with Crippen molar-refractivity contribution in [1.29, 1.82) is 0 Å². The Kier molecular flexibility index (Phi) is 4.88. The number of imide groups is 1. The number of benzene rings is 2. The molecule has 3 saturated heterocycles. The van der Waals surface area contributed by atoms with E-state index < -0.39 is 29.4 Å². The maximum Gasteiger partial charge on any atom is 0.252 e. The molecule has 0 unspecified atom stereocenters. The van der Waals surface area contributed by atoms with E-state index in [1.54, 1.807) is 41.3 Å². The summed E-state index contributed by atoms with van der Waals surface area (Å²) in [5.74, 6) is -1.55. The lowest BCUT2D eigenvalue weighted by Gasteiger charge is -2.58. The summed E-state index contributed by atoms with van der Waals surface area (Å²) in [6, 6.07) is 12.0. The molecule has 0 radical (unpaired) electrons. The monoisotopic (exact) mass is 427 g/mol. The zero-order chi connectivity index (χ0) is 21.8. The van der Waals surface area contributed by atoms with E-state index in [4.69, 9.17) is 0 Å². The minimum Gasteiger partial charge on any atom is -0.392 e. The third-order valence-electron chi connectivity index (χ3n) is 6.63. The number of carbonyl (C=O) groups excluding carboxylic acids is 2. The third-order valence-corrected chi connectivity index (χ3v) is 6.63. The Morgan fingerprint density at radius 1 is 0.935 bits per heavy atom. The number of likely N-dealkylation sites (tertiary alicyclic amines) is 1. The third kappa shape index (κ3) is 3.26. The standard InChI is InChI=1S/C23H23F2N3O3/c24-18-7-3-1-5-15(18)10-26-13-23(14-26)22(31)27(11-16-6-2-4-8-19(16)25)21(30)20-9-17(29)12-28(20)23/h1-8,17,20,29H,9-14H2/t17-,20+/m1/s1. The summed E-state index contributed by atoms with van der Waals surface area (Å²) >= 11 is 0. The quantitative estimate of drug-likeness (QED) is 0.750. The molecule has 8 heteroatoms. The summed E-state index contributed by atoms with van der Waals surface area (Å²) in [5.41, 5.74) is -0.154. The maximum atomic E-state index is 14.2. The number of amides is 2. The van der Waals surface area contributed by atoms with Crippen LogP contribution in [-0.4, -0.2) is 68.9 Å². The molecule has 5 rings (SSSR count). The Hall–Kier alpha value is -2.68. The lowest BCUT2D eigenvalue weighted by molar-refractivity contribution is -0.181. The Morgan fingerprint density at radius 3 is 2.13 bits per heavy atom. The van der Waals surface area contributed by atoms with Gasteiger partial charge in [0.15, 0.2) is 0 Å². The summed E-state index contributed by atoms with van der Waals surface area (Å²) in [5, 5.41) is 10.2. The van der Waals surface area contributed by atoms with Crippen molar-refractivity contribution in [3.05, 3.63) is 71.3 Å². The van der Waals surface area contributed by atoms with Gasteiger partial charge in [-0.25, -0.2) is 8.78 Å². The smallest absolute Gasteiger partial charge is 0.252 e. The van der Waals surface area contributed by atoms with E-state index in [1.807, 2.05) is 4.90 Å².